The minimum Gasteiger partial charge on any atom is -0.354 e. The van der Waals surface area contributed by atoms with E-state index >= 15 is 0 Å². The fourth-order valence-electron chi connectivity index (χ4n) is 2.55. The summed E-state index contributed by atoms with van der Waals surface area (Å²) in [5.74, 6) is 5.79. The summed E-state index contributed by atoms with van der Waals surface area (Å²) in [6.45, 7) is 0. The second-order valence-electron chi connectivity index (χ2n) is 4.61. The lowest BCUT2D eigenvalue weighted by Crippen LogP contribution is -2.08. The Balaban J connectivity index is 2.28. The Morgan fingerprint density at radius 2 is 1.80 bits per heavy atom. The number of H-pyrrole nitrogens is 2. The van der Waals surface area contributed by atoms with Crippen molar-refractivity contribution in [1.82, 2.24) is 15.0 Å². The second kappa shape index (κ2) is 3.82. The van der Waals surface area contributed by atoms with E-state index in [-0.39, 0.29) is 5.43 Å². The maximum Gasteiger partial charge on any atom is 0.215 e. The van der Waals surface area contributed by atoms with Crippen LogP contribution in [0.3, 0.4) is 0 Å². The van der Waals surface area contributed by atoms with Crippen LogP contribution < -0.4 is 16.7 Å². The molecule has 0 fully saturated rings. The quantitative estimate of drug-likeness (QED) is 0.240. The van der Waals surface area contributed by atoms with Gasteiger partial charge in [-0.2, -0.15) is 0 Å². The number of pyridine rings is 1. The summed E-state index contributed by atoms with van der Waals surface area (Å²) in [6, 6.07) is 11.2. The van der Waals surface area contributed by atoms with E-state index in [0.29, 0.717) is 22.2 Å². The Labute approximate surface area is 112 Å². The molecule has 0 unspecified atom stereocenters. The number of nitrogens with two attached hydrogens (primary N) is 1. The fraction of sp³-hybridized carbons (Fsp3) is 0. The number of hydrogen-bond acceptors (Lipinski definition) is 4. The molecule has 5 N–H and O–H groups in total. The molecule has 2 heterocycles. The van der Waals surface area contributed by atoms with Gasteiger partial charge in [-0.05, 0) is 24.3 Å². The topological polar surface area (TPSA) is 99.6 Å². The van der Waals surface area contributed by atoms with Crippen LogP contribution in [0.5, 0.6) is 0 Å². The van der Waals surface area contributed by atoms with Gasteiger partial charge in [0.05, 0.1) is 16.4 Å². The van der Waals surface area contributed by atoms with Crippen LogP contribution in [-0.2, 0) is 0 Å². The zero-order valence-electron chi connectivity index (χ0n) is 10.4. The zero-order chi connectivity index (χ0) is 13.7. The molecule has 6 heteroatoms. The normalized spacial score (nSPS) is 11.4. The largest absolute Gasteiger partial charge is 0.354 e. The number of hydrogen-bond donors (Lipinski definition) is 4. The molecule has 0 amide bonds. The summed E-state index contributed by atoms with van der Waals surface area (Å²) in [4.78, 5) is 23.3. The van der Waals surface area contributed by atoms with Crippen molar-refractivity contribution < 1.29 is 0 Å². The van der Waals surface area contributed by atoms with Crippen molar-refractivity contribution in [2.75, 3.05) is 5.43 Å². The number of nitrogens with one attached hydrogen (secondary N) is 3. The molecule has 0 aliphatic carbocycles. The number of aromatic amines is 2. The molecule has 0 bridgehead atoms. The molecule has 4 aromatic rings. The highest BCUT2D eigenvalue weighted by Gasteiger charge is 2.11. The zero-order valence-corrected chi connectivity index (χ0v) is 10.4. The molecule has 98 valence electrons. The standard InChI is InChI=1S/C14H11N5O/c15-19-14-17-10-6-5-9-11(12(10)18-14)13(20)7-3-1-2-4-8(7)16-9/h1-6H,15H2,(H,16,20)(H2,17,18,19). The monoisotopic (exact) mass is 265 g/mol. The second-order valence-corrected chi connectivity index (χ2v) is 4.61. The third-order valence-corrected chi connectivity index (χ3v) is 3.46. The number of fused-ring (bicyclic) bond motifs is 4. The number of para-hydroxylation sites is 1. The number of imidazole rings is 1. The first kappa shape index (κ1) is 11.0. The van der Waals surface area contributed by atoms with Gasteiger partial charge in [0.15, 0.2) is 5.43 Å². The molecule has 0 radical (unpaired) electrons. The van der Waals surface area contributed by atoms with Gasteiger partial charge in [0.1, 0.15) is 5.52 Å². The van der Waals surface area contributed by atoms with Crippen LogP contribution in [0.1, 0.15) is 0 Å². The molecule has 0 saturated heterocycles. The molecule has 0 saturated carbocycles. The molecule has 20 heavy (non-hydrogen) atoms. The molecule has 0 aliphatic heterocycles. The summed E-state index contributed by atoms with van der Waals surface area (Å²) in [5, 5.41) is 1.22. The number of rotatable bonds is 1. The van der Waals surface area contributed by atoms with Crippen molar-refractivity contribution in [3.63, 3.8) is 0 Å². The van der Waals surface area contributed by atoms with Crippen molar-refractivity contribution in [2.24, 2.45) is 5.84 Å². The van der Waals surface area contributed by atoms with Crippen molar-refractivity contribution in [1.29, 1.82) is 0 Å². The van der Waals surface area contributed by atoms with E-state index in [2.05, 4.69) is 20.4 Å². The lowest BCUT2D eigenvalue weighted by molar-refractivity contribution is 1.21. The molecular formula is C14H11N5O. The predicted octanol–water partition coefficient (Wildman–Crippen LogP) is 1.84. The Bertz CT molecular complexity index is 1010. The van der Waals surface area contributed by atoms with Crippen molar-refractivity contribution in [2.45, 2.75) is 0 Å². The SMILES string of the molecule is NNc1nc2c(ccc3[nH]c4ccccc4c(=O)c32)[nH]1. The molecule has 6 nitrogen and oxygen atoms in total. The minimum absolute atomic E-state index is 0.0324. The summed E-state index contributed by atoms with van der Waals surface area (Å²) in [6.07, 6.45) is 0. The summed E-state index contributed by atoms with van der Waals surface area (Å²) in [7, 11) is 0. The molecule has 0 spiro atoms. The average molecular weight is 265 g/mol. The number of nitrogens with zero attached hydrogens (tertiary/aromatic N) is 1. The van der Waals surface area contributed by atoms with E-state index in [1.54, 1.807) is 6.07 Å². The van der Waals surface area contributed by atoms with Gasteiger partial charge in [-0.25, -0.2) is 10.8 Å². The molecule has 0 atom stereocenters. The smallest absolute Gasteiger partial charge is 0.215 e. The van der Waals surface area contributed by atoms with Crippen molar-refractivity contribution >= 4 is 38.8 Å². The van der Waals surface area contributed by atoms with Gasteiger partial charge >= 0.3 is 0 Å². The number of hydrazine groups is 1. The third-order valence-electron chi connectivity index (χ3n) is 3.46. The van der Waals surface area contributed by atoms with Crippen LogP contribution in [0.25, 0.3) is 32.8 Å². The van der Waals surface area contributed by atoms with Crippen LogP contribution in [0.4, 0.5) is 5.95 Å². The van der Waals surface area contributed by atoms with Gasteiger partial charge in [-0.15, -0.1) is 0 Å². The van der Waals surface area contributed by atoms with Crippen LogP contribution in [0, 0.1) is 0 Å². The number of anilines is 1. The molecule has 2 aromatic heterocycles. The highest BCUT2D eigenvalue weighted by molar-refractivity contribution is 6.07. The van der Waals surface area contributed by atoms with Gasteiger partial charge < -0.3 is 9.97 Å². The Hall–Kier alpha value is -2.86. The first-order valence-corrected chi connectivity index (χ1v) is 6.18. The molecule has 2 aromatic carbocycles. The van der Waals surface area contributed by atoms with Gasteiger partial charge in [-0.3, -0.25) is 10.2 Å². The number of nitrogen functional groups attached to an aromatic ring is 1. The van der Waals surface area contributed by atoms with E-state index in [9.17, 15) is 4.79 Å². The van der Waals surface area contributed by atoms with E-state index in [1.165, 1.54) is 0 Å². The average Bonchev–Trinajstić information content (AvgIpc) is 2.90. The molecule has 0 aliphatic rings. The predicted molar refractivity (Wildman–Crippen MR) is 79.5 cm³/mol. The van der Waals surface area contributed by atoms with E-state index in [1.807, 2.05) is 30.3 Å². The van der Waals surface area contributed by atoms with Crippen molar-refractivity contribution in [3.8, 4) is 0 Å². The fourth-order valence-corrected chi connectivity index (χ4v) is 2.55. The van der Waals surface area contributed by atoms with Crippen molar-refractivity contribution in [3.05, 3.63) is 46.6 Å². The molecular weight excluding hydrogens is 254 g/mol. The highest BCUT2D eigenvalue weighted by atomic mass is 16.1. The Morgan fingerprint density at radius 3 is 2.65 bits per heavy atom. The maximum atomic E-state index is 12.7. The first-order valence-electron chi connectivity index (χ1n) is 6.18. The van der Waals surface area contributed by atoms with Gasteiger partial charge in [0.2, 0.25) is 5.95 Å². The van der Waals surface area contributed by atoms with Gasteiger partial charge in [-0.1, -0.05) is 12.1 Å². The number of aromatic nitrogens is 3. The maximum absolute atomic E-state index is 12.7. The van der Waals surface area contributed by atoms with Gasteiger partial charge in [0, 0.05) is 10.9 Å². The summed E-state index contributed by atoms with van der Waals surface area (Å²) >= 11 is 0. The van der Waals surface area contributed by atoms with Crippen LogP contribution >= 0.6 is 0 Å². The van der Waals surface area contributed by atoms with E-state index in [4.69, 9.17) is 5.84 Å². The minimum atomic E-state index is -0.0324. The summed E-state index contributed by atoms with van der Waals surface area (Å²) in [5.41, 5.74) is 5.39. The number of benzene rings is 2. The summed E-state index contributed by atoms with van der Waals surface area (Å²) < 4.78 is 0. The van der Waals surface area contributed by atoms with Crippen LogP contribution in [0.2, 0.25) is 0 Å². The van der Waals surface area contributed by atoms with Crippen LogP contribution in [-0.4, -0.2) is 15.0 Å². The third kappa shape index (κ3) is 1.36. The lowest BCUT2D eigenvalue weighted by atomic mass is 10.1. The highest BCUT2D eigenvalue weighted by Crippen LogP contribution is 2.23. The van der Waals surface area contributed by atoms with E-state index < -0.39 is 0 Å². The van der Waals surface area contributed by atoms with E-state index in [0.717, 1.165) is 16.6 Å². The van der Waals surface area contributed by atoms with Gasteiger partial charge in [0.25, 0.3) is 0 Å². The lowest BCUT2D eigenvalue weighted by Gasteiger charge is -2.02. The molecule has 4 rings (SSSR count). The Kier molecular flexibility index (Phi) is 2.10. The van der Waals surface area contributed by atoms with Crippen LogP contribution in [0.15, 0.2) is 41.2 Å². The first-order chi connectivity index (χ1) is 9.78. The Morgan fingerprint density at radius 1 is 1.00 bits per heavy atom.